The number of carbonyl (C=O) groups is 2. The fourth-order valence-electron chi connectivity index (χ4n) is 2.56. The van der Waals surface area contributed by atoms with Crippen molar-refractivity contribution >= 4 is 23.6 Å². The fraction of sp³-hybridized carbons (Fsp3) is 0.412. The fourth-order valence-corrected chi connectivity index (χ4v) is 2.56. The number of benzene rings is 1. The van der Waals surface area contributed by atoms with Gasteiger partial charge in [-0.15, -0.1) is 0 Å². The van der Waals surface area contributed by atoms with Gasteiger partial charge < -0.3 is 14.4 Å². The molecule has 2 atom stereocenters. The highest BCUT2D eigenvalue weighted by atomic mass is 16.6. The second-order valence-corrected chi connectivity index (χ2v) is 5.85. The lowest BCUT2D eigenvalue weighted by atomic mass is 10.2. The van der Waals surface area contributed by atoms with Gasteiger partial charge in [-0.3, -0.25) is 14.9 Å². The van der Waals surface area contributed by atoms with Crippen molar-refractivity contribution < 1.29 is 24.0 Å². The average molecular weight is 348 g/mol. The third-order valence-electron chi connectivity index (χ3n) is 3.60. The van der Waals surface area contributed by atoms with Gasteiger partial charge in [0, 0.05) is 31.3 Å². The van der Waals surface area contributed by atoms with Crippen LogP contribution in [-0.2, 0) is 19.1 Å². The lowest BCUT2D eigenvalue weighted by molar-refractivity contribution is -0.384. The minimum atomic E-state index is -0.686. The van der Waals surface area contributed by atoms with Crippen LogP contribution in [0.1, 0.15) is 19.4 Å². The van der Waals surface area contributed by atoms with Crippen LogP contribution in [0.15, 0.2) is 30.3 Å². The SMILES string of the molecule is C[C@@H]1CN(C(=O)COC(=O)/C=C/c2cccc([N+](=O)[O-])c2)C[C@H](C)O1. The molecule has 0 N–H and O–H groups in total. The van der Waals surface area contributed by atoms with E-state index in [1.807, 2.05) is 13.8 Å². The number of non-ortho nitro benzene ring substituents is 1. The van der Waals surface area contributed by atoms with Gasteiger partial charge in [0.05, 0.1) is 17.1 Å². The van der Waals surface area contributed by atoms with Crippen LogP contribution in [0.25, 0.3) is 6.08 Å². The zero-order valence-electron chi connectivity index (χ0n) is 14.1. The minimum absolute atomic E-state index is 0.0582. The van der Waals surface area contributed by atoms with E-state index in [-0.39, 0.29) is 30.4 Å². The number of ether oxygens (including phenoxy) is 2. The second-order valence-electron chi connectivity index (χ2n) is 5.85. The maximum atomic E-state index is 12.1. The van der Waals surface area contributed by atoms with E-state index in [0.29, 0.717) is 18.7 Å². The molecule has 0 spiro atoms. The minimum Gasteiger partial charge on any atom is -0.452 e. The van der Waals surface area contributed by atoms with E-state index in [1.165, 1.54) is 24.3 Å². The van der Waals surface area contributed by atoms with Crippen molar-refractivity contribution in [1.82, 2.24) is 4.90 Å². The molecule has 0 bridgehead atoms. The molecule has 25 heavy (non-hydrogen) atoms. The number of nitro benzene ring substituents is 1. The molecule has 0 aromatic heterocycles. The zero-order valence-corrected chi connectivity index (χ0v) is 14.1. The highest BCUT2D eigenvalue weighted by Crippen LogP contribution is 2.14. The third kappa shape index (κ3) is 5.68. The number of carbonyl (C=O) groups excluding carboxylic acids is 2. The van der Waals surface area contributed by atoms with E-state index in [2.05, 4.69) is 0 Å². The van der Waals surface area contributed by atoms with Gasteiger partial charge in [-0.25, -0.2) is 4.79 Å². The summed E-state index contributed by atoms with van der Waals surface area (Å²) in [5.41, 5.74) is 0.426. The van der Waals surface area contributed by atoms with Crippen molar-refractivity contribution in [2.45, 2.75) is 26.1 Å². The highest BCUT2D eigenvalue weighted by molar-refractivity contribution is 5.89. The first-order chi connectivity index (χ1) is 11.8. The van der Waals surface area contributed by atoms with E-state index < -0.39 is 10.9 Å². The lowest BCUT2D eigenvalue weighted by Crippen LogP contribution is -2.49. The molecule has 0 aliphatic carbocycles. The smallest absolute Gasteiger partial charge is 0.331 e. The molecule has 1 amide bonds. The van der Waals surface area contributed by atoms with Gasteiger partial charge in [-0.1, -0.05) is 12.1 Å². The van der Waals surface area contributed by atoms with Crippen LogP contribution in [0.3, 0.4) is 0 Å². The predicted octanol–water partition coefficient (Wildman–Crippen LogP) is 1.79. The molecule has 0 saturated carbocycles. The summed E-state index contributed by atoms with van der Waals surface area (Å²) in [7, 11) is 0. The van der Waals surface area contributed by atoms with Crippen molar-refractivity contribution in [2.24, 2.45) is 0 Å². The number of hydrogen-bond donors (Lipinski definition) is 0. The number of morpholine rings is 1. The van der Waals surface area contributed by atoms with Crippen molar-refractivity contribution in [1.29, 1.82) is 0 Å². The maximum absolute atomic E-state index is 12.1. The molecule has 1 heterocycles. The summed E-state index contributed by atoms with van der Waals surface area (Å²) in [6.07, 6.45) is 2.42. The molecule has 8 nitrogen and oxygen atoms in total. The topological polar surface area (TPSA) is 99.0 Å². The van der Waals surface area contributed by atoms with Crippen molar-refractivity contribution in [3.63, 3.8) is 0 Å². The van der Waals surface area contributed by atoms with E-state index in [4.69, 9.17) is 9.47 Å². The van der Waals surface area contributed by atoms with E-state index in [9.17, 15) is 19.7 Å². The molecule has 1 fully saturated rings. The van der Waals surface area contributed by atoms with Crippen LogP contribution in [-0.4, -0.2) is 53.6 Å². The van der Waals surface area contributed by atoms with Crippen LogP contribution in [0.2, 0.25) is 0 Å². The van der Waals surface area contributed by atoms with E-state index >= 15 is 0 Å². The van der Waals surface area contributed by atoms with Gasteiger partial charge in [0.1, 0.15) is 0 Å². The molecular weight excluding hydrogens is 328 g/mol. The first-order valence-electron chi connectivity index (χ1n) is 7.87. The van der Waals surface area contributed by atoms with Crippen LogP contribution in [0, 0.1) is 10.1 Å². The summed E-state index contributed by atoms with van der Waals surface area (Å²) in [6, 6.07) is 5.84. The van der Waals surface area contributed by atoms with Gasteiger partial charge in [-0.2, -0.15) is 0 Å². The standard InChI is InChI=1S/C17H20N2O6/c1-12-9-18(10-13(2)25-12)16(20)11-24-17(21)7-6-14-4-3-5-15(8-14)19(22)23/h3-8,12-13H,9-11H2,1-2H3/b7-6+/t12-,13+. The third-order valence-corrected chi connectivity index (χ3v) is 3.60. The van der Waals surface area contributed by atoms with Crippen molar-refractivity contribution in [3.05, 3.63) is 46.0 Å². The molecule has 1 aromatic rings. The molecule has 1 aliphatic rings. The number of esters is 1. The first kappa shape index (κ1) is 18.6. The van der Waals surface area contributed by atoms with Gasteiger partial charge in [0.25, 0.3) is 11.6 Å². The molecular formula is C17H20N2O6. The molecule has 0 radical (unpaired) electrons. The van der Waals surface area contributed by atoms with Gasteiger partial charge in [0.15, 0.2) is 6.61 Å². The summed E-state index contributed by atoms with van der Waals surface area (Å²) in [5, 5.41) is 10.7. The molecule has 0 unspecified atom stereocenters. The summed E-state index contributed by atoms with van der Waals surface area (Å²) in [4.78, 5) is 35.6. The van der Waals surface area contributed by atoms with Crippen LogP contribution in [0.4, 0.5) is 5.69 Å². The summed E-state index contributed by atoms with van der Waals surface area (Å²) < 4.78 is 10.5. The summed E-state index contributed by atoms with van der Waals surface area (Å²) >= 11 is 0. The number of amides is 1. The Morgan fingerprint density at radius 1 is 1.36 bits per heavy atom. The first-order valence-corrected chi connectivity index (χ1v) is 7.87. The van der Waals surface area contributed by atoms with E-state index in [0.717, 1.165) is 6.08 Å². The van der Waals surface area contributed by atoms with E-state index in [1.54, 1.807) is 11.0 Å². The maximum Gasteiger partial charge on any atom is 0.331 e. The van der Waals surface area contributed by atoms with Gasteiger partial charge in [-0.05, 0) is 25.5 Å². The quantitative estimate of drug-likeness (QED) is 0.348. The molecule has 1 aromatic carbocycles. The Balaban J connectivity index is 1.85. The number of nitro groups is 1. The Kier molecular flexibility index (Phi) is 6.24. The van der Waals surface area contributed by atoms with Crippen LogP contribution >= 0.6 is 0 Å². The lowest BCUT2D eigenvalue weighted by Gasteiger charge is -2.35. The van der Waals surface area contributed by atoms with Crippen molar-refractivity contribution in [2.75, 3.05) is 19.7 Å². The van der Waals surface area contributed by atoms with Crippen LogP contribution in [0.5, 0.6) is 0 Å². The average Bonchev–Trinajstić information content (AvgIpc) is 2.57. The monoisotopic (exact) mass is 348 g/mol. The van der Waals surface area contributed by atoms with Gasteiger partial charge in [0.2, 0.25) is 0 Å². The summed E-state index contributed by atoms with van der Waals surface area (Å²) in [6.45, 7) is 4.33. The molecule has 1 aliphatic heterocycles. The zero-order chi connectivity index (χ0) is 18.4. The van der Waals surface area contributed by atoms with Crippen LogP contribution < -0.4 is 0 Å². The molecule has 2 rings (SSSR count). The Labute approximate surface area is 145 Å². The van der Waals surface area contributed by atoms with Gasteiger partial charge >= 0.3 is 5.97 Å². The van der Waals surface area contributed by atoms with Crippen molar-refractivity contribution in [3.8, 4) is 0 Å². The second kappa shape index (κ2) is 8.39. The largest absolute Gasteiger partial charge is 0.452 e. The Bertz CT molecular complexity index is 677. The number of nitrogens with zero attached hydrogens (tertiary/aromatic N) is 2. The number of hydrogen-bond acceptors (Lipinski definition) is 6. The molecule has 134 valence electrons. The molecule has 8 heteroatoms. The summed E-state index contributed by atoms with van der Waals surface area (Å²) in [5.74, 6) is -0.965. The predicted molar refractivity (Wildman–Crippen MR) is 89.7 cm³/mol. The Morgan fingerprint density at radius 2 is 2.04 bits per heavy atom. The normalized spacial score (nSPS) is 20.5. The highest BCUT2D eigenvalue weighted by Gasteiger charge is 2.26. The Hall–Kier alpha value is -2.74. The molecule has 1 saturated heterocycles. The Morgan fingerprint density at radius 3 is 2.68 bits per heavy atom. The number of rotatable bonds is 5.